The lowest BCUT2D eigenvalue weighted by Gasteiger charge is -2.25. The summed E-state index contributed by atoms with van der Waals surface area (Å²) in [6.07, 6.45) is 0.153. The fourth-order valence-corrected chi connectivity index (χ4v) is 2.79. The Bertz CT molecular complexity index is 649. The van der Waals surface area contributed by atoms with Gasteiger partial charge >= 0.3 is 0 Å². The lowest BCUT2D eigenvalue weighted by Crippen LogP contribution is -2.20. The normalized spacial score (nSPS) is 17.3. The second-order valence-electron chi connectivity index (χ2n) is 4.65. The average Bonchev–Trinajstić information content (AvgIpc) is 2.48. The molecule has 0 spiro atoms. The minimum atomic E-state index is -0.221. The van der Waals surface area contributed by atoms with E-state index in [1.54, 1.807) is 7.11 Å². The number of halogens is 1. The predicted octanol–water partition coefficient (Wildman–Crippen LogP) is 4.01. The van der Waals surface area contributed by atoms with Crippen molar-refractivity contribution in [3.8, 4) is 11.5 Å². The van der Waals surface area contributed by atoms with Crippen LogP contribution in [0.1, 0.15) is 28.4 Å². The van der Waals surface area contributed by atoms with Crippen LogP contribution in [0.3, 0.4) is 0 Å². The van der Waals surface area contributed by atoms with Crippen molar-refractivity contribution in [1.82, 2.24) is 0 Å². The molecule has 2 aromatic rings. The molecule has 0 bridgehead atoms. The Morgan fingerprint density at radius 2 is 1.95 bits per heavy atom. The Morgan fingerprint density at radius 3 is 2.65 bits per heavy atom. The second-order valence-corrected chi connectivity index (χ2v) is 5.89. The quantitative estimate of drug-likeness (QED) is 0.739. The molecule has 0 amide bonds. The Balaban J connectivity index is 1.90. The van der Waals surface area contributed by atoms with Gasteiger partial charge in [0.1, 0.15) is 17.6 Å². The van der Waals surface area contributed by atoms with Gasteiger partial charge in [-0.15, -0.1) is 0 Å². The Kier molecular flexibility index (Phi) is 3.65. The largest absolute Gasteiger partial charge is 0.497 e. The molecule has 4 heteroatoms. The van der Waals surface area contributed by atoms with Crippen molar-refractivity contribution in [3.05, 3.63) is 57.2 Å². The first-order chi connectivity index (χ1) is 9.67. The number of carbonyl (C=O) groups is 1. The zero-order valence-corrected chi connectivity index (χ0v) is 13.1. The molecule has 0 fully saturated rings. The number of fused-ring (bicyclic) bond motifs is 1. The number of hydrogen-bond acceptors (Lipinski definition) is 3. The number of rotatable bonds is 2. The van der Waals surface area contributed by atoms with E-state index in [0.717, 1.165) is 14.9 Å². The Hall–Kier alpha value is -1.56. The first-order valence-corrected chi connectivity index (χ1v) is 7.38. The standard InChI is InChI=1S/C16H13IO3/c1-19-12-5-2-10(3-6-12)16-9-14(18)13-8-11(17)4-7-15(13)20-16/h2-8,16H,9H2,1H3. The first-order valence-electron chi connectivity index (χ1n) is 6.31. The van der Waals surface area contributed by atoms with Gasteiger partial charge in [-0.05, 0) is 58.5 Å². The fourth-order valence-electron chi connectivity index (χ4n) is 2.30. The van der Waals surface area contributed by atoms with E-state index in [9.17, 15) is 4.79 Å². The van der Waals surface area contributed by atoms with E-state index in [4.69, 9.17) is 9.47 Å². The van der Waals surface area contributed by atoms with E-state index in [2.05, 4.69) is 22.6 Å². The van der Waals surface area contributed by atoms with E-state index in [-0.39, 0.29) is 11.9 Å². The molecule has 3 nitrogen and oxygen atoms in total. The third-order valence-electron chi connectivity index (χ3n) is 3.37. The molecule has 1 aliphatic heterocycles. The summed E-state index contributed by atoms with van der Waals surface area (Å²) >= 11 is 2.20. The van der Waals surface area contributed by atoms with E-state index < -0.39 is 0 Å². The smallest absolute Gasteiger partial charge is 0.170 e. The second kappa shape index (κ2) is 5.44. The topological polar surface area (TPSA) is 35.5 Å². The number of benzene rings is 2. The molecule has 1 atom stereocenters. The van der Waals surface area contributed by atoms with E-state index in [1.165, 1.54) is 0 Å². The van der Waals surface area contributed by atoms with Crippen molar-refractivity contribution in [3.63, 3.8) is 0 Å². The van der Waals surface area contributed by atoms with Gasteiger partial charge in [-0.25, -0.2) is 0 Å². The molecule has 1 heterocycles. The van der Waals surface area contributed by atoms with Crippen LogP contribution < -0.4 is 9.47 Å². The van der Waals surface area contributed by atoms with Crippen LogP contribution in [0.4, 0.5) is 0 Å². The summed E-state index contributed by atoms with van der Waals surface area (Å²) in [5, 5.41) is 0. The van der Waals surface area contributed by atoms with E-state index >= 15 is 0 Å². The minimum Gasteiger partial charge on any atom is -0.497 e. The van der Waals surface area contributed by atoms with E-state index in [1.807, 2.05) is 42.5 Å². The van der Waals surface area contributed by atoms with Gasteiger partial charge in [-0.1, -0.05) is 12.1 Å². The maximum Gasteiger partial charge on any atom is 0.170 e. The highest BCUT2D eigenvalue weighted by molar-refractivity contribution is 14.1. The molecule has 102 valence electrons. The van der Waals surface area contributed by atoms with Gasteiger partial charge in [0.15, 0.2) is 5.78 Å². The number of hydrogen-bond donors (Lipinski definition) is 0. The molecular weight excluding hydrogens is 367 g/mol. The van der Waals surface area contributed by atoms with Gasteiger partial charge in [0, 0.05) is 3.57 Å². The number of ketones is 1. The molecule has 0 saturated heterocycles. The predicted molar refractivity (Wildman–Crippen MR) is 84.5 cm³/mol. The summed E-state index contributed by atoms with van der Waals surface area (Å²) in [5.74, 6) is 1.60. The molecule has 0 aliphatic carbocycles. The summed E-state index contributed by atoms with van der Waals surface area (Å²) in [7, 11) is 1.63. The molecule has 1 aliphatic rings. The van der Waals surface area contributed by atoms with Crippen molar-refractivity contribution in [2.24, 2.45) is 0 Å². The molecule has 1 unspecified atom stereocenters. The third-order valence-corrected chi connectivity index (χ3v) is 4.04. The van der Waals surface area contributed by atoms with E-state index in [0.29, 0.717) is 17.7 Å². The highest BCUT2D eigenvalue weighted by atomic mass is 127. The Morgan fingerprint density at radius 1 is 1.20 bits per heavy atom. The maximum absolute atomic E-state index is 12.2. The van der Waals surface area contributed by atoms with Crippen molar-refractivity contribution in [1.29, 1.82) is 0 Å². The van der Waals surface area contributed by atoms with Crippen LogP contribution in [0.25, 0.3) is 0 Å². The zero-order chi connectivity index (χ0) is 14.1. The molecule has 3 rings (SSSR count). The first kappa shape index (κ1) is 13.4. The monoisotopic (exact) mass is 380 g/mol. The number of Topliss-reactive ketones (excluding diaryl/α,β-unsaturated/α-hetero) is 1. The van der Waals surface area contributed by atoms with Gasteiger partial charge in [-0.3, -0.25) is 4.79 Å². The fraction of sp³-hybridized carbons (Fsp3) is 0.188. The van der Waals surface area contributed by atoms with Gasteiger partial charge < -0.3 is 9.47 Å². The molecule has 0 aromatic heterocycles. The maximum atomic E-state index is 12.2. The molecule has 0 saturated carbocycles. The van der Waals surface area contributed by atoms with Crippen LogP contribution >= 0.6 is 22.6 Å². The molecule has 0 N–H and O–H groups in total. The number of methoxy groups -OCH3 is 1. The Labute approximate surface area is 131 Å². The molecule has 20 heavy (non-hydrogen) atoms. The highest BCUT2D eigenvalue weighted by Gasteiger charge is 2.27. The van der Waals surface area contributed by atoms with Gasteiger partial charge in [-0.2, -0.15) is 0 Å². The van der Waals surface area contributed by atoms with Crippen LogP contribution in [0.2, 0.25) is 0 Å². The van der Waals surface area contributed by atoms with Gasteiger partial charge in [0.05, 0.1) is 19.1 Å². The van der Waals surface area contributed by atoms with Gasteiger partial charge in [0.25, 0.3) is 0 Å². The molecule has 0 radical (unpaired) electrons. The highest BCUT2D eigenvalue weighted by Crippen LogP contribution is 2.35. The van der Waals surface area contributed by atoms with Crippen molar-refractivity contribution in [2.75, 3.05) is 7.11 Å². The van der Waals surface area contributed by atoms with Crippen LogP contribution in [0.5, 0.6) is 11.5 Å². The summed E-state index contributed by atoms with van der Waals surface area (Å²) in [4.78, 5) is 12.2. The average molecular weight is 380 g/mol. The van der Waals surface area contributed by atoms with Crippen molar-refractivity contribution >= 4 is 28.4 Å². The third kappa shape index (κ3) is 2.52. The molecule has 2 aromatic carbocycles. The van der Waals surface area contributed by atoms with Crippen LogP contribution in [-0.4, -0.2) is 12.9 Å². The molecular formula is C16H13IO3. The van der Waals surface area contributed by atoms with Crippen LogP contribution in [0.15, 0.2) is 42.5 Å². The lowest BCUT2D eigenvalue weighted by atomic mass is 9.96. The zero-order valence-electron chi connectivity index (χ0n) is 10.9. The minimum absolute atomic E-state index is 0.130. The summed E-state index contributed by atoms with van der Waals surface area (Å²) in [5.41, 5.74) is 1.67. The lowest BCUT2D eigenvalue weighted by molar-refractivity contribution is 0.0850. The van der Waals surface area contributed by atoms with Crippen molar-refractivity contribution in [2.45, 2.75) is 12.5 Å². The number of ether oxygens (including phenoxy) is 2. The van der Waals surface area contributed by atoms with Gasteiger partial charge in [0.2, 0.25) is 0 Å². The van der Waals surface area contributed by atoms with Crippen molar-refractivity contribution < 1.29 is 14.3 Å². The van der Waals surface area contributed by atoms with Crippen LogP contribution in [-0.2, 0) is 0 Å². The SMILES string of the molecule is COc1ccc(C2CC(=O)c3cc(I)ccc3O2)cc1. The number of carbonyl (C=O) groups excluding carboxylic acids is 1. The van der Waals surface area contributed by atoms with Crippen LogP contribution in [0, 0.1) is 3.57 Å². The summed E-state index contributed by atoms with van der Waals surface area (Å²) < 4.78 is 12.1. The summed E-state index contributed by atoms with van der Waals surface area (Å²) in [6, 6.07) is 13.3. The summed E-state index contributed by atoms with van der Waals surface area (Å²) in [6.45, 7) is 0.